The van der Waals surface area contributed by atoms with Crippen LogP contribution in [0.25, 0.3) is 22.2 Å². The topological polar surface area (TPSA) is 85.5 Å². The van der Waals surface area contributed by atoms with Gasteiger partial charge < -0.3 is 18.8 Å². The molecule has 1 aromatic heterocycles. The molecular formula is C26H23N3O4. The van der Waals surface area contributed by atoms with E-state index in [4.69, 9.17) is 14.2 Å². The van der Waals surface area contributed by atoms with Gasteiger partial charge in [0, 0.05) is 29.2 Å². The summed E-state index contributed by atoms with van der Waals surface area (Å²) < 4.78 is 17.9. The number of methoxy groups -OCH3 is 2. The minimum Gasteiger partial charge on any atom is -0.497 e. The first-order valence-corrected chi connectivity index (χ1v) is 10.4. The number of aryl methyl sites for hydroxylation is 1. The predicted molar refractivity (Wildman–Crippen MR) is 127 cm³/mol. The Bertz CT molecular complexity index is 1350. The minimum absolute atomic E-state index is 0.399. The fourth-order valence-corrected chi connectivity index (χ4v) is 3.84. The molecule has 0 unspecified atom stereocenters. The number of aromatic nitrogens is 1. The van der Waals surface area contributed by atoms with Crippen molar-refractivity contribution in [1.82, 2.24) is 4.57 Å². The second kappa shape index (κ2) is 9.37. The van der Waals surface area contributed by atoms with Gasteiger partial charge in [0.05, 0.1) is 31.0 Å². The molecule has 7 heteroatoms. The first kappa shape index (κ1) is 21.8. The lowest BCUT2D eigenvalue weighted by Crippen LogP contribution is -2.16. The van der Waals surface area contributed by atoms with E-state index in [1.165, 1.54) is 0 Å². The number of carbonyl (C=O) groups excluding carboxylic acids is 1. The first-order chi connectivity index (χ1) is 16.1. The van der Waals surface area contributed by atoms with Gasteiger partial charge in [-0.15, -0.1) is 0 Å². The van der Waals surface area contributed by atoms with Crippen LogP contribution >= 0.6 is 0 Å². The second-order valence-corrected chi connectivity index (χ2v) is 7.23. The van der Waals surface area contributed by atoms with Gasteiger partial charge in [-0.25, -0.2) is 4.79 Å². The van der Waals surface area contributed by atoms with Gasteiger partial charge in [0.25, 0.3) is 0 Å². The highest BCUT2D eigenvalue weighted by Crippen LogP contribution is 2.36. The van der Waals surface area contributed by atoms with E-state index < -0.39 is 6.09 Å². The van der Waals surface area contributed by atoms with Gasteiger partial charge in [0.1, 0.15) is 23.3 Å². The normalized spacial score (nSPS) is 10.5. The van der Waals surface area contributed by atoms with Crippen LogP contribution in [0.5, 0.6) is 17.2 Å². The summed E-state index contributed by atoms with van der Waals surface area (Å²) in [4.78, 5) is 12.4. The van der Waals surface area contributed by atoms with Crippen LogP contribution in [0.1, 0.15) is 12.5 Å². The monoisotopic (exact) mass is 441 g/mol. The second-order valence-electron chi connectivity index (χ2n) is 7.23. The van der Waals surface area contributed by atoms with Crippen LogP contribution in [0.2, 0.25) is 0 Å². The number of amides is 1. The zero-order chi connectivity index (χ0) is 23.4. The van der Waals surface area contributed by atoms with Gasteiger partial charge in [-0.3, -0.25) is 5.32 Å². The van der Waals surface area contributed by atoms with Crippen LogP contribution in [-0.4, -0.2) is 24.9 Å². The standard InChI is InChI=1S/C26H23N3O4/c1-4-29-24-15-21(32-3)12-13-22(24)23(16-27)25(29)17-6-5-7-18(14-17)28-26(30)33-20-10-8-19(31-2)9-11-20/h5-15H,4H2,1-3H3,(H,28,30). The van der Waals surface area contributed by atoms with E-state index in [0.29, 0.717) is 29.3 Å². The summed E-state index contributed by atoms with van der Waals surface area (Å²) in [5, 5.41) is 13.5. The summed E-state index contributed by atoms with van der Waals surface area (Å²) in [5.41, 5.74) is 3.65. The molecule has 0 radical (unpaired) electrons. The Labute approximate surface area is 191 Å². The van der Waals surface area contributed by atoms with E-state index in [-0.39, 0.29) is 0 Å². The third kappa shape index (κ3) is 4.32. The number of nitrogens with one attached hydrogen (secondary N) is 1. The van der Waals surface area contributed by atoms with Crippen LogP contribution in [0.4, 0.5) is 10.5 Å². The summed E-state index contributed by atoms with van der Waals surface area (Å²) >= 11 is 0. The molecule has 0 fully saturated rings. The van der Waals surface area contributed by atoms with E-state index in [2.05, 4.69) is 16.0 Å². The summed E-state index contributed by atoms with van der Waals surface area (Å²) in [7, 11) is 3.19. The number of ether oxygens (including phenoxy) is 3. The quantitative estimate of drug-likeness (QED) is 0.407. The molecule has 3 aromatic carbocycles. The molecule has 1 N–H and O–H groups in total. The van der Waals surface area contributed by atoms with Crippen LogP contribution in [0.3, 0.4) is 0 Å². The molecular weight excluding hydrogens is 418 g/mol. The molecule has 0 atom stereocenters. The van der Waals surface area contributed by atoms with Gasteiger partial charge in [-0.05, 0) is 55.5 Å². The lowest BCUT2D eigenvalue weighted by molar-refractivity contribution is 0.215. The van der Waals surface area contributed by atoms with Crippen molar-refractivity contribution in [3.8, 4) is 34.6 Å². The fourth-order valence-electron chi connectivity index (χ4n) is 3.84. The van der Waals surface area contributed by atoms with E-state index in [1.54, 1.807) is 44.6 Å². The van der Waals surface area contributed by atoms with Gasteiger partial charge in [0.2, 0.25) is 0 Å². The highest BCUT2D eigenvalue weighted by atomic mass is 16.6. The minimum atomic E-state index is -0.612. The number of rotatable bonds is 6. The third-order valence-corrected chi connectivity index (χ3v) is 5.35. The van der Waals surface area contributed by atoms with Gasteiger partial charge in [-0.2, -0.15) is 5.26 Å². The Morgan fingerprint density at radius 2 is 1.67 bits per heavy atom. The number of benzene rings is 3. The number of anilines is 1. The molecule has 0 aliphatic rings. The van der Waals surface area contributed by atoms with E-state index in [9.17, 15) is 10.1 Å². The van der Waals surface area contributed by atoms with Crippen molar-refractivity contribution >= 4 is 22.7 Å². The van der Waals surface area contributed by atoms with Crippen LogP contribution in [-0.2, 0) is 6.54 Å². The zero-order valence-electron chi connectivity index (χ0n) is 18.6. The molecule has 166 valence electrons. The lowest BCUT2D eigenvalue weighted by atomic mass is 10.1. The molecule has 0 aliphatic carbocycles. The Morgan fingerprint density at radius 1 is 0.970 bits per heavy atom. The fraction of sp³-hybridized carbons (Fsp3) is 0.154. The van der Waals surface area contributed by atoms with Crippen molar-refractivity contribution in [3.63, 3.8) is 0 Å². The summed E-state index contributed by atoms with van der Waals surface area (Å²) in [6.07, 6.45) is -0.612. The number of nitrogens with zero attached hydrogens (tertiary/aromatic N) is 2. The first-order valence-electron chi connectivity index (χ1n) is 10.4. The molecule has 0 saturated carbocycles. The maximum absolute atomic E-state index is 12.4. The molecule has 0 spiro atoms. The van der Waals surface area contributed by atoms with Crippen molar-refractivity contribution in [1.29, 1.82) is 5.26 Å². The molecule has 1 amide bonds. The SMILES string of the molecule is CCn1c(-c2cccc(NC(=O)Oc3ccc(OC)cc3)c2)c(C#N)c2ccc(OC)cc21. The van der Waals surface area contributed by atoms with Crippen LogP contribution in [0.15, 0.2) is 66.7 Å². The highest BCUT2D eigenvalue weighted by Gasteiger charge is 2.19. The van der Waals surface area contributed by atoms with Crippen molar-refractivity contribution < 1.29 is 19.0 Å². The van der Waals surface area contributed by atoms with Crippen molar-refractivity contribution in [2.75, 3.05) is 19.5 Å². The molecule has 4 rings (SSSR count). The number of fused-ring (bicyclic) bond motifs is 1. The number of nitriles is 1. The van der Waals surface area contributed by atoms with Crippen molar-refractivity contribution in [3.05, 3.63) is 72.3 Å². The summed E-state index contributed by atoms with van der Waals surface area (Å²) in [6, 6.07) is 22.1. The van der Waals surface area contributed by atoms with Gasteiger partial charge in [0.15, 0.2) is 0 Å². The summed E-state index contributed by atoms with van der Waals surface area (Å²) in [6.45, 7) is 2.69. The molecule has 0 saturated heterocycles. The van der Waals surface area contributed by atoms with Crippen LogP contribution in [0, 0.1) is 11.3 Å². The number of carbonyl (C=O) groups is 1. The van der Waals surface area contributed by atoms with Crippen molar-refractivity contribution in [2.45, 2.75) is 13.5 Å². The molecule has 1 heterocycles. The molecule has 0 aliphatic heterocycles. The van der Waals surface area contributed by atoms with Crippen LogP contribution < -0.4 is 19.5 Å². The van der Waals surface area contributed by atoms with E-state index in [0.717, 1.165) is 27.9 Å². The van der Waals surface area contributed by atoms with Crippen molar-refractivity contribution in [2.24, 2.45) is 0 Å². The van der Waals surface area contributed by atoms with Gasteiger partial charge in [-0.1, -0.05) is 12.1 Å². The Kier molecular flexibility index (Phi) is 6.18. The Hall–Kier alpha value is -4.44. The molecule has 7 nitrogen and oxygen atoms in total. The number of hydrogen-bond acceptors (Lipinski definition) is 5. The largest absolute Gasteiger partial charge is 0.497 e. The molecule has 4 aromatic rings. The third-order valence-electron chi connectivity index (χ3n) is 5.35. The lowest BCUT2D eigenvalue weighted by Gasteiger charge is -2.11. The number of hydrogen-bond donors (Lipinski definition) is 1. The zero-order valence-corrected chi connectivity index (χ0v) is 18.6. The summed E-state index contributed by atoms with van der Waals surface area (Å²) in [5.74, 6) is 1.80. The Balaban J connectivity index is 1.66. The predicted octanol–water partition coefficient (Wildman–Crippen LogP) is 5.83. The maximum atomic E-state index is 12.4. The average molecular weight is 441 g/mol. The van der Waals surface area contributed by atoms with E-state index in [1.807, 2.05) is 43.3 Å². The Morgan fingerprint density at radius 3 is 2.33 bits per heavy atom. The average Bonchev–Trinajstić information content (AvgIpc) is 3.17. The highest BCUT2D eigenvalue weighted by molar-refractivity contribution is 5.96. The maximum Gasteiger partial charge on any atom is 0.417 e. The smallest absolute Gasteiger partial charge is 0.417 e. The molecule has 33 heavy (non-hydrogen) atoms. The molecule has 0 bridgehead atoms. The van der Waals surface area contributed by atoms with E-state index >= 15 is 0 Å². The van der Waals surface area contributed by atoms with Gasteiger partial charge >= 0.3 is 6.09 Å².